The number of aliphatic hydroxyl groups excluding tert-OH is 4. The van der Waals surface area contributed by atoms with Crippen LogP contribution < -0.4 is 0 Å². The van der Waals surface area contributed by atoms with Crippen LogP contribution in [0.4, 0.5) is 0 Å². The highest BCUT2D eigenvalue weighted by Gasteiger charge is 2.71. The van der Waals surface area contributed by atoms with Gasteiger partial charge in [-0.1, -0.05) is 13.8 Å². The average Bonchev–Trinajstić information content (AvgIpc) is 2.99. The van der Waals surface area contributed by atoms with Crippen LogP contribution in [0.5, 0.6) is 0 Å². The van der Waals surface area contributed by atoms with Gasteiger partial charge in [0.05, 0.1) is 41.2 Å². The Morgan fingerprint density at radius 2 is 1.69 bits per heavy atom. The molecule has 8 heteroatoms. The molecule has 0 aromatic carbocycles. The lowest BCUT2D eigenvalue weighted by atomic mass is 9.45. The summed E-state index contributed by atoms with van der Waals surface area (Å²) in [5.74, 6) is -1.89. The normalized spacial score (nSPS) is 48.3. The molecule has 0 aliphatic heterocycles. The molecule has 0 saturated heterocycles. The number of allylic oxidation sites excluding steroid dienone is 1. The van der Waals surface area contributed by atoms with E-state index >= 15 is 0 Å². The van der Waals surface area contributed by atoms with Crippen LogP contribution in [0.2, 0.25) is 0 Å². The van der Waals surface area contributed by atoms with Crippen LogP contribution >= 0.6 is 0 Å². The van der Waals surface area contributed by atoms with Crippen molar-refractivity contribution in [1.29, 1.82) is 0 Å². The van der Waals surface area contributed by atoms with Crippen molar-refractivity contribution >= 4 is 5.78 Å². The predicted octanol–water partition coefficient (Wildman–Crippen LogP) is 0.825. The monoisotopic (exact) mass is 496 g/mol. The van der Waals surface area contributed by atoms with Gasteiger partial charge in [0, 0.05) is 17.3 Å². The second kappa shape index (κ2) is 8.32. The van der Waals surface area contributed by atoms with Crippen LogP contribution in [0.15, 0.2) is 11.6 Å². The van der Waals surface area contributed by atoms with Crippen LogP contribution in [0, 0.1) is 28.6 Å². The number of rotatable bonds is 5. The Hall–Kier alpha value is -0.870. The fourth-order valence-electron chi connectivity index (χ4n) is 8.44. The number of carbonyl (C=O) groups excluding carboxylic acids is 1. The molecule has 0 radical (unpaired) electrons. The fourth-order valence-corrected chi connectivity index (χ4v) is 8.44. The first kappa shape index (κ1) is 27.2. The highest BCUT2D eigenvalue weighted by Crippen LogP contribution is 2.68. The van der Waals surface area contributed by atoms with E-state index in [9.17, 15) is 40.5 Å². The van der Waals surface area contributed by atoms with Gasteiger partial charge in [-0.2, -0.15) is 0 Å². The molecule has 0 bridgehead atoms. The summed E-state index contributed by atoms with van der Waals surface area (Å²) < 4.78 is 0. The van der Waals surface area contributed by atoms with Crippen molar-refractivity contribution in [1.82, 2.24) is 0 Å². The van der Waals surface area contributed by atoms with E-state index in [1.54, 1.807) is 20.8 Å². The Kier molecular flexibility index (Phi) is 6.46. The third-order valence-corrected chi connectivity index (χ3v) is 10.5. The molecule has 4 rings (SSSR count). The SMILES string of the molecule is CC(C)(O)CC[C@H](O)[C@](C)(O)[C@@H]1CC[C@@]2(O)C3=CC(=O)[C@@H]4C[C@H](O)[C@H](O)C[C@]4(C)[C@@H]3[C@H](O)C[C@@]12C. The molecule has 0 spiro atoms. The Bertz CT molecular complexity index is 892. The van der Waals surface area contributed by atoms with E-state index in [1.165, 1.54) is 6.08 Å². The van der Waals surface area contributed by atoms with E-state index in [0.29, 0.717) is 12.0 Å². The van der Waals surface area contributed by atoms with Crippen molar-refractivity contribution in [3.05, 3.63) is 11.6 Å². The largest absolute Gasteiger partial charge is 0.392 e. The molecule has 0 heterocycles. The number of hydrogen-bond acceptors (Lipinski definition) is 8. The maximum absolute atomic E-state index is 13.3. The fraction of sp³-hybridized carbons (Fsp3) is 0.889. The van der Waals surface area contributed by atoms with Gasteiger partial charge in [-0.3, -0.25) is 4.79 Å². The van der Waals surface area contributed by atoms with E-state index in [0.717, 1.165) is 0 Å². The minimum atomic E-state index is -1.59. The topological polar surface area (TPSA) is 159 Å². The molecule has 4 aliphatic carbocycles. The third-order valence-electron chi connectivity index (χ3n) is 10.5. The first-order chi connectivity index (χ1) is 15.9. The average molecular weight is 497 g/mol. The summed E-state index contributed by atoms with van der Waals surface area (Å²) in [6.07, 6.45) is -1.08. The number of fused-ring (bicyclic) bond motifs is 5. The number of hydrogen-bond donors (Lipinski definition) is 7. The summed E-state index contributed by atoms with van der Waals surface area (Å²) in [6, 6.07) is 0. The minimum absolute atomic E-state index is 0.115. The summed E-state index contributed by atoms with van der Waals surface area (Å²) in [4.78, 5) is 13.3. The van der Waals surface area contributed by atoms with Crippen molar-refractivity contribution in [3.8, 4) is 0 Å². The van der Waals surface area contributed by atoms with Crippen LogP contribution in [0.1, 0.15) is 79.6 Å². The lowest BCUT2D eigenvalue weighted by Gasteiger charge is -2.62. The van der Waals surface area contributed by atoms with Gasteiger partial charge in [0.15, 0.2) is 5.78 Å². The van der Waals surface area contributed by atoms with Gasteiger partial charge in [-0.15, -0.1) is 0 Å². The molecule has 0 aromatic rings. The van der Waals surface area contributed by atoms with Gasteiger partial charge >= 0.3 is 0 Å². The van der Waals surface area contributed by atoms with E-state index in [4.69, 9.17) is 0 Å². The van der Waals surface area contributed by atoms with Gasteiger partial charge in [0.2, 0.25) is 0 Å². The molecular formula is C27H44O8. The van der Waals surface area contributed by atoms with Gasteiger partial charge < -0.3 is 35.7 Å². The first-order valence-electron chi connectivity index (χ1n) is 13.0. The Morgan fingerprint density at radius 1 is 1.06 bits per heavy atom. The third kappa shape index (κ3) is 3.95. The zero-order valence-electron chi connectivity index (χ0n) is 21.6. The summed E-state index contributed by atoms with van der Waals surface area (Å²) in [7, 11) is 0. The zero-order valence-corrected chi connectivity index (χ0v) is 21.6. The zero-order chi connectivity index (χ0) is 26.4. The van der Waals surface area contributed by atoms with Gasteiger partial charge in [-0.25, -0.2) is 0 Å². The van der Waals surface area contributed by atoms with Crippen molar-refractivity contribution in [3.63, 3.8) is 0 Å². The van der Waals surface area contributed by atoms with Crippen molar-refractivity contribution in [2.45, 2.75) is 121 Å². The molecule has 0 aromatic heterocycles. The molecule has 11 atom stereocenters. The molecule has 200 valence electrons. The molecule has 0 amide bonds. The first-order valence-corrected chi connectivity index (χ1v) is 13.0. The number of ketones is 1. The Balaban J connectivity index is 1.71. The quantitative estimate of drug-likeness (QED) is 0.295. The lowest BCUT2D eigenvalue weighted by Crippen LogP contribution is -2.66. The van der Waals surface area contributed by atoms with E-state index < -0.39 is 69.8 Å². The predicted molar refractivity (Wildman–Crippen MR) is 128 cm³/mol. The van der Waals surface area contributed by atoms with Crippen molar-refractivity contribution in [2.24, 2.45) is 28.6 Å². The molecule has 8 nitrogen and oxygen atoms in total. The van der Waals surface area contributed by atoms with Gasteiger partial charge in [0.25, 0.3) is 0 Å². The molecule has 3 fully saturated rings. The molecule has 0 unspecified atom stereocenters. The Morgan fingerprint density at radius 3 is 2.29 bits per heavy atom. The van der Waals surface area contributed by atoms with E-state index in [-0.39, 0.29) is 44.3 Å². The second-order valence-corrected chi connectivity index (χ2v) is 13.3. The van der Waals surface area contributed by atoms with Gasteiger partial charge in [0.1, 0.15) is 0 Å². The molecular weight excluding hydrogens is 452 g/mol. The van der Waals surface area contributed by atoms with Crippen molar-refractivity contribution in [2.75, 3.05) is 0 Å². The lowest BCUT2D eigenvalue weighted by molar-refractivity contribution is -0.197. The highest BCUT2D eigenvalue weighted by molar-refractivity contribution is 5.95. The Labute approximate surface area is 207 Å². The summed E-state index contributed by atoms with van der Waals surface area (Å²) >= 11 is 0. The standard InChI is InChI=1S/C27H44O8/c1-23(2,33)8-7-21(32)26(5,34)20-6-9-27(35)15-11-16(28)14-10-17(29)18(30)12-24(14,3)22(15)19(31)13-25(20,27)4/h11,14,17-22,29-35H,6-10,12-13H2,1-5H3/t14-,17-,18+,19+,20+,21-,22-,24-,25-,26+,27+/m0/s1. The molecule has 35 heavy (non-hydrogen) atoms. The van der Waals surface area contributed by atoms with Crippen molar-refractivity contribution < 1.29 is 40.5 Å². The molecule has 7 N–H and O–H groups in total. The maximum atomic E-state index is 13.3. The molecule has 3 saturated carbocycles. The van der Waals surface area contributed by atoms with Crippen LogP contribution in [-0.2, 0) is 4.79 Å². The number of aliphatic hydroxyl groups is 7. The smallest absolute Gasteiger partial charge is 0.159 e. The number of carbonyl (C=O) groups is 1. The van der Waals surface area contributed by atoms with Gasteiger partial charge in [-0.05, 0) is 88.7 Å². The molecule has 4 aliphatic rings. The minimum Gasteiger partial charge on any atom is -0.392 e. The second-order valence-electron chi connectivity index (χ2n) is 13.3. The van der Waals surface area contributed by atoms with Crippen LogP contribution in [0.3, 0.4) is 0 Å². The maximum Gasteiger partial charge on any atom is 0.159 e. The summed E-state index contributed by atoms with van der Waals surface area (Å²) in [5.41, 5.74) is -5.42. The van der Waals surface area contributed by atoms with Crippen LogP contribution in [-0.4, -0.2) is 82.7 Å². The summed E-state index contributed by atoms with van der Waals surface area (Å²) in [6.45, 7) is 8.52. The van der Waals surface area contributed by atoms with Crippen LogP contribution in [0.25, 0.3) is 0 Å². The van der Waals surface area contributed by atoms with E-state index in [1.807, 2.05) is 13.8 Å². The summed E-state index contributed by atoms with van der Waals surface area (Å²) in [5, 5.41) is 77.0. The van der Waals surface area contributed by atoms with E-state index in [2.05, 4.69) is 0 Å². The highest BCUT2D eigenvalue weighted by atomic mass is 16.3.